The summed E-state index contributed by atoms with van der Waals surface area (Å²) in [6.45, 7) is 3.75. The smallest absolute Gasteiger partial charge is 0.280 e. The number of nitrogens with two attached hydrogens (primary N) is 1. The maximum absolute atomic E-state index is 12.3. The Morgan fingerprint density at radius 2 is 1.81 bits per heavy atom. The number of aryl methyl sites for hydroxylation is 2. The number of para-hydroxylation sites is 1. The van der Waals surface area contributed by atoms with Crippen molar-refractivity contribution in [3.05, 3.63) is 65.4 Å². The second-order valence-corrected chi connectivity index (χ2v) is 6.17. The van der Waals surface area contributed by atoms with Crippen molar-refractivity contribution < 1.29 is 9.59 Å². The van der Waals surface area contributed by atoms with Crippen molar-refractivity contribution in [1.29, 1.82) is 0 Å². The molecule has 2 aromatic carbocycles. The quantitative estimate of drug-likeness (QED) is 0.643. The molecular formula is C19H20N6O2. The average Bonchev–Trinajstić information content (AvgIpc) is 2.99. The van der Waals surface area contributed by atoms with Crippen molar-refractivity contribution in [2.24, 2.45) is 0 Å². The Labute approximate surface area is 156 Å². The second kappa shape index (κ2) is 7.69. The Morgan fingerprint density at radius 1 is 1.07 bits per heavy atom. The summed E-state index contributed by atoms with van der Waals surface area (Å²) in [6.07, 6.45) is 0. The zero-order valence-electron chi connectivity index (χ0n) is 15.1. The number of hydrogen-bond acceptors (Lipinski definition) is 5. The van der Waals surface area contributed by atoms with Gasteiger partial charge in [0.2, 0.25) is 5.91 Å². The van der Waals surface area contributed by atoms with E-state index in [4.69, 9.17) is 5.73 Å². The molecule has 27 heavy (non-hydrogen) atoms. The molecule has 0 aliphatic heterocycles. The second-order valence-electron chi connectivity index (χ2n) is 6.17. The van der Waals surface area contributed by atoms with Crippen molar-refractivity contribution in [3.8, 4) is 0 Å². The van der Waals surface area contributed by atoms with E-state index in [1.165, 1.54) is 4.68 Å². The first-order valence-electron chi connectivity index (χ1n) is 8.36. The number of hydrogen-bond donors (Lipinski definition) is 3. The Kier molecular flexibility index (Phi) is 5.16. The minimum Gasteiger partial charge on any atom is -0.382 e. The molecule has 0 atom stereocenters. The van der Waals surface area contributed by atoms with Crippen LogP contribution < -0.4 is 16.4 Å². The normalized spacial score (nSPS) is 10.4. The van der Waals surface area contributed by atoms with E-state index in [2.05, 4.69) is 20.9 Å². The Hall–Kier alpha value is -3.68. The number of benzene rings is 2. The molecule has 0 fully saturated rings. The first-order chi connectivity index (χ1) is 12.9. The third-order valence-electron chi connectivity index (χ3n) is 3.97. The number of carbonyl (C=O) groups excluding carboxylic acids is 2. The SMILES string of the molecule is Cc1ccc(NC(=O)Cn2nnc(C(=O)Nc3ccccc3)c2N)c(C)c1. The van der Waals surface area contributed by atoms with Gasteiger partial charge in [-0.05, 0) is 37.6 Å². The molecule has 8 nitrogen and oxygen atoms in total. The highest BCUT2D eigenvalue weighted by atomic mass is 16.2. The molecule has 0 bridgehead atoms. The van der Waals surface area contributed by atoms with E-state index < -0.39 is 5.91 Å². The molecule has 3 aromatic rings. The Morgan fingerprint density at radius 3 is 2.52 bits per heavy atom. The highest BCUT2D eigenvalue weighted by Crippen LogP contribution is 2.17. The molecule has 3 rings (SSSR count). The standard InChI is InChI=1S/C19H20N6O2/c1-12-8-9-15(13(2)10-12)22-16(26)11-25-18(20)17(23-24-25)19(27)21-14-6-4-3-5-7-14/h3-10H,11,20H2,1-2H3,(H,21,27)(H,22,26). The monoisotopic (exact) mass is 364 g/mol. The van der Waals surface area contributed by atoms with E-state index in [0.29, 0.717) is 11.4 Å². The van der Waals surface area contributed by atoms with Crippen LogP contribution in [0.5, 0.6) is 0 Å². The fourth-order valence-corrected chi connectivity index (χ4v) is 2.59. The zero-order chi connectivity index (χ0) is 19.4. The number of nitrogen functional groups attached to an aromatic ring is 1. The maximum Gasteiger partial charge on any atom is 0.280 e. The minimum atomic E-state index is -0.486. The van der Waals surface area contributed by atoms with Gasteiger partial charge in [0.1, 0.15) is 6.54 Å². The summed E-state index contributed by atoms with van der Waals surface area (Å²) in [4.78, 5) is 24.6. The lowest BCUT2D eigenvalue weighted by Crippen LogP contribution is -2.21. The van der Waals surface area contributed by atoms with Crippen molar-refractivity contribution in [1.82, 2.24) is 15.0 Å². The molecule has 0 aliphatic rings. The topological polar surface area (TPSA) is 115 Å². The molecule has 2 amide bonds. The van der Waals surface area contributed by atoms with Crippen molar-refractivity contribution in [2.75, 3.05) is 16.4 Å². The van der Waals surface area contributed by atoms with Gasteiger partial charge in [-0.2, -0.15) is 0 Å². The van der Waals surface area contributed by atoms with Gasteiger partial charge in [0.05, 0.1) is 0 Å². The van der Waals surface area contributed by atoms with Gasteiger partial charge in [-0.25, -0.2) is 4.68 Å². The van der Waals surface area contributed by atoms with Crippen LogP contribution in [0.3, 0.4) is 0 Å². The fraction of sp³-hybridized carbons (Fsp3) is 0.158. The Balaban J connectivity index is 1.67. The number of carbonyl (C=O) groups is 2. The first kappa shape index (κ1) is 18.1. The van der Waals surface area contributed by atoms with Crippen LogP contribution in [0.1, 0.15) is 21.6 Å². The van der Waals surface area contributed by atoms with E-state index in [1.807, 2.05) is 38.1 Å². The Bertz CT molecular complexity index is 981. The third-order valence-corrected chi connectivity index (χ3v) is 3.97. The first-order valence-corrected chi connectivity index (χ1v) is 8.36. The number of nitrogens with zero attached hydrogens (tertiary/aromatic N) is 3. The van der Waals surface area contributed by atoms with E-state index in [-0.39, 0.29) is 24.0 Å². The van der Waals surface area contributed by atoms with Crippen LogP contribution in [0, 0.1) is 13.8 Å². The predicted molar refractivity (Wildman–Crippen MR) is 103 cm³/mol. The van der Waals surface area contributed by atoms with Gasteiger partial charge in [0.15, 0.2) is 11.5 Å². The largest absolute Gasteiger partial charge is 0.382 e. The molecule has 0 saturated heterocycles. The summed E-state index contributed by atoms with van der Waals surface area (Å²) in [5, 5.41) is 13.1. The van der Waals surface area contributed by atoms with Crippen LogP contribution >= 0.6 is 0 Å². The van der Waals surface area contributed by atoms with Gasteiger partial charge in [-0.3, -0.25) is 9.59 Å². The summed E-state index contributed by atoms with van der Waals surface area (Å²) in [5.41, 5.74) is 9.31. The van der Waals surface area contributed by atoms with Gasteiger partial charge >= 0.3 is 0 Å². The molecule has 0 radical (unpaired) electrons. The molecule has 4 N–H and O–H groups in total. The number of amides is 2. The number of nitrogens with one attached hydrogen (secondary N) is 2. The molecule has 0 saturated carbocycles. The van der Waals surface area contributed by atoms with Crippen LogP contribution in [0.4, 0.5) is 17.2 Å². The maximum atomic E-state index is 12.3. The van der Waals surface area contributed by atoms with Gasteiger partial charge < -0.3 is 16.4 Å². The fourth-order valence-electron chi connectivity index (χ4n) is 2.59. The lowest BCUT2D eigenvalue weighted by Gasteiger charge is -2.09. The summed E-state index contributed by atoms with van der Waals surface area (Å²) in [5.74, 6) is -0.771. The van der Waals surface area contributed by atoms with Crippen LogP contribution in [-0.2, 0) is 11.3 Å². The predicted octanol–water partition coefficient (Wildman–Crippen LogP) is 2.37. The molecular weight excluding hydrogens is 344 g/mol. The molecule has 0 spiro atoms. The van der Waals surface area contributed by atoms with Crippen LogP contribution in [0.15, 0.2) is 48.5 Å². The molecule has 8 heteroatoms. The molecule has 1 heterocycles. The molecule has 1 aromatic heterocycles. The summed E-state index contributed by atoms with van der Waals surface area (Å²) < 4.78 is 1.19. The summed E-state index contributed by atoms with van der Waals surface area (Å²) in [6, 6.07) is 14.7. The number of aromatic nitrogens is 3. The van der Waals surface area contributed by atoms with Crippen molar-refractivity contribution in [3.63, 3.8) is 0 Å². The van der Waals surface area contributed by atoms with Crippen LogP contribution in [0.2, 0.25) is 0 Å². The third kappa shape index (κ3) is 4.30. The highest BCUT2D eigenvalue weighted by molar-refractivity contribution is 6.05. The molecule has 0 aliphatic carbocycles. The van der Waals surface area contributed by atoms with Gasteiger partial charge in [-0.15, -0.1) is 5.10 Å². The van der Waals surface area contributed by atoms with Crippen molar-refractivity contribution in [2.45, 2.75) is 20.4 Å². The van der Waals surface area contributed by atoms with E-state index in [9.17, 15) is 9.59 Å². The lowest BCUT2D eigenvalue weighted by molar-refractivity contribution is -0.116. The minimum absolute atomic E-state index is 0.0270. The highest BCUT2D eigenvalue weighted by Gasteiger charge is 2.19. The lowest BCUT2D eigenvalue weighted by atomic mass is 10.1. The zero-order valence-corrected chi connectivity index (χ0v) is 15.1. The van der Waals surface area contributed by atoms with E-state index in [1.54, 1.807) is 24.3 Å². The number of anilines is 3. The van der Waals surface area contributed by atoms with Gasteiger partial charge in [0.25, 0.3) is 5.91 Å². The number of rotatable bonds is 5. The van der Waals surface area contributed by atoms with Gasteiger partial charge in [0, 0.05) is 11.4 Å². The molecule has 0 unspecified atom stereocenters. The van der Waals surface area contributed by atoms with Crippen molar-refractivity contribution >= 4 is 29.0 Å². The summed E-state index contributed by atoms with van der Waals surface area (Å²) >= 11 is 0. The van der Waals surface area contributed by atoms with Crippen LogP contribution in [-0.4, -0.2) is 26.8 Å². The van der Waals surface area contributed by atoms with E-state index >= 15 is 0 Å². The van der Waals surface area contributed by atoms with E-state index in [0.717, 1.165) is 11.1 Å². The van der Waals surface area contributed by atoms with Crippen LogP contribution in [0.25, 0.3) is 0 Å². The average molecular weight is 364 g/mol. The summed E-state index contributed by atoms with van der Waals surface area (Å²) in [7, 11) is 0. The van der Waals surface area contributed by atoms with Gasteiger partial charge in [-0.1, -0.05) is 41.1 Å². The molecule has 138 valence electrons.